The number of hydrogen-bond acceptors (Lipinski definition) is 5. The van der Waals surface area contributed by atoms with Gasteiger partial charge in [-0.25, -0.2) is 4.98 Å². The predicted molar refractivity (Wildman–Crippen MR) is 86.1 cm³/mol. The Kier molecular flexibility index (Phi) is 3.81. The molecule has 5 heteroatoms. The first-order valence-corrected chi connectivity index (χ1v) is 7.12. The maximum absolute atomic E-state index is 5.63. The zero-order valence-electron chi connectivity index (χ0n) is 12.2. The van der Waals surface area contributed by atoms with Gasteiger partial charge in [0.15, 0.2) is 0 Å². The van der Waals surface area contributed by atoms with Crippen LogP contribution in [0, 0.1) is 0 Å². The first-order valence-electron chi connectivity index (χ1n) is 7.12. The molecule has 0 amide bonds. The van der Waals surface area contributed by atoms with Gasteiger partial charge in [-0.05, 0) is 24.3 Å². The van der Waals surface area contributed by atoms with Crippen LogP contribution in [-0.2, 0) is 0 Å². The molecule has 1 saturated heterocycles. The van der Waals surface area contributed by atoms with E-state index in [2.05, 4.69) is 26.9 Å². The van der Waals surface area contributed by atoms with Crippen molar-refractivity contribution >= 4 is 17.2 Å². The van der Waals surface area contributed by atoms with Crippen molar-refractivity contribution in [1.29, 1.82) is 0 Å². The molecule has 2 aromatic rings. The van der Waals surface area contributed by atoms with Gasteiger partial charge in [0.05, 0.1) is 19.0 Å². The van der Waals surface area contributed by atoms with E-state index < -0.39 is 0 Å². The van der Waals surface area contributed by atoms with Crippen molar-refractivity contribution < 1.29 is 4.74 Å². The summed E-state index contributed by atoms with van der Waals surface area (Å²) in [6.07, 6.45) is 1.84. The molecule has 2 N–H and O–H groups in total. The Morgan fingerprint density at radius 2 is 1.71 bits per heavy atom. The van der Waals surface area contributed by atoms with Crippen LogP contribution in [0.5, 0.6) is 5.75 Å². The average Bonchev–Trinajstić information content (AvgIpc) is 2.56. The second-order valence-electron chi connectivity index (χ2n) is 5.12. The average molecular weight is 284 g/mol. The van der Waals surface area contributed by atoms with Crippen LogP contribution in [-0.4, -0.2) is 38.3 Å². The van der Waals surface area contributed by atoms with Gasteiger partial charge >= 0.3 is 0 Å². The Morgan fingerprint density at radius 3 is 2.33 bits per heavy atom. The van der Waals surface area contributed by atoms with E-state index in [0.29, 0.717) is 5.82 Å². The summed E-state index contributed by atoms with van der Waals surface area (Å²) >= 11 is 0. The third kappa shape index (κ3) is 3.02. The molecule has 0 spiro atoms. The summed E-state index contributed by atoms with van der Waals surface area (Å²) in [6.45, 7) is 3.92. The summed E-state index contributed by atoms with van der Waals surface area (Å²) in [5, 5.41) is 0. The molecule has 0 atom stereocenters. The van der Waals surface area contributed by atoms with E-state index in [1.807, 2.05) is 30.5 Å². The summed E-state index contributed by atoms with van der Waals surface area (Å²) < 4.78 is 5.29. The van der Waals surface area contributed by atoms with E-state index in [-0.39, 0.29) is 0 Å². The van der Waals surface area contributed by atoms with Gasteiger partial charge in [0.1, 0.15) is 11.6 Å². The van der Waals surface area contributed by atoms with Crippen LogP contribution in [0.4, 0.5) is 17.2 Å². The lowest BCUT2D eigenvalue weighted by molar-refractivity contribution is 0.414. The van der Waals surface area contributed by atoms with Crippen molar-refractivity contribution in [2.45, 2.75) is 0 Å². The first-order chi connectivity index (χ1) is 10.3. The van der Waals surface area contributed by atoms with Crippen molar-refractivity contribution in [3.05, 3.63) is 42.6 Å². The van der Waals surface area contributed by atoms with Crippen molar-refractivity contribution in [2.24, 2.45) is 0 Å². The number of anilines is 3. The highest BCUT2D eigenvalue weighted by Gasteiger charge is 2.18. The number of pyridine rings is 1. The molecule has 1 aromatic carbocycles. The Morgan fingerprint density at radius 1 is 1.00 bits per heavy atom. The Bertz CT molecular complexity index is 591. The highest BCUT2D eigenvalue weighted by atomic mass is 16.5. The van der Waals surface area contributed by atoms with E-state index in [0.717, 1.165) is 37.6 Å². The lowest BCUT2D eigenvalue weighted by Gasteiger charge is -2.37. The van der Waals surface area contributed by atoms with Gasteiger partial charge in [0, 0.05) is 37.9 Å². The van der Waals surface area contributed by atoms with Gasteiger partial charge in [-0.3, -0.25) is 0 Å². The van der Waals surface area contributed by atoms with E-state index in [9.17, 15) is 0 Å². The maximum Gasteiger partial charge on any atom is 0.123 e. The molecule has 5 nitrogen and oxygen atoms in total. The van der Waals surface area contributed by atoms with Crippen LogP contribution in [0.2, 0.25) is 0 Å². The van der Waals surface area contributed by atoms with Gasteiger partial charge in [-0.2, -0.15) is 0 Å². The van der Waals surface area contributed by atoms with Crippen LogP contribution < -0.4 is 20.3 Å². The number of rotatable bonds is 3. The summed E-state index contributed by atoms with van der Waals surface area (Å²) in [6, 6.07) is 12.1. The second kappa shape index (κ2) is 5.91. The third-order valence-corrected chi connectivity index (χ3v) is 3.83. The van der Waals surface area contributed by atoms with Crippen LogP contribution in [0.3, 0.4) is 0 Å². The number of methoxy groups -OCH3 is 1. The monoisotopic (exact) mass is 284 g/mol. The quantitative estimate of drug-likeness (QED) is 0.934. The molecule has 1 fully saturated rings. The number of benzene rings is 1. The Labute approximate surface area is 125 Å². The normalized spacial score (nSPS) is 15.1. The summed E-state index contributed by atoms with van der Waals surface area (Å²) in [4.78, 5) is 8.88. The number of nitrogens with zero attached hydrogens (tertiary/aromatic N) is 3. The van der Waals surface area contributed by atoms with Crippen LogP contribution in [0.1, 0.15) is 0 Å². The van der Waals surface area contributed by atoms with Gasteiger partial charge in [0.2, 0.25) is 0 Å². The molecule has 0 radical (unpaired) electrons. The molecule has 0 aliphatic carbocycles. The fraction of sp³-hybridized carbons (Fsp3) is 0.312. The number of aromatic nitrogens is 1. The highest BCUT2D eigenvalue weighted by molar-refractivity contribution is 5.54. The third-order valence-electron chi connectivity index (χ3n) is 3.83. The van der Waals surface area contributed by atoms with Gasteiger partial charge in [-0.1, -0.05) is 6.07 Å². The van der Waals surface area contributed by atoms with Crippen LogP contribution >= 0.6 is 0 Å². The van der Waals surface area contributed by atoms with Crippen LogP contribution in [0.25, 0.3) is 0 Å². The molecule has 0 bridgehead atoms. The molecule has 110 valence electrons. The van der Waals surface area contributed by atoms with E-state index in [1.54, 1.807) is 7.11 Å². The molecule has 1 aromatic heterocycles. The zero-order valence-corrected chi connectivity index (χ0v) is 12.2. The summed E-state index contributed by atoms with van der Waals surface area (Å²) in [5.74, 6) is 1.46. The molecule has 3 rings (SSSR count). The zero-order chi connectivity index (χ0) is 14.7. The lowest BCUT2D eigenvalue weighted by atomic mass is 10.2. The fourth-order valence-corrected chi connectivity index (χ4v) is 2.61. The SMILES string of the molecule is COc1cccc(N2CCN(c3ccc(N)nc3)CC2)c1. The first kappa shape index (κ1) is 13.5. The molecule has 21 heavy (non-hydrogen) atoms. The maximum atomic E-state index is 5.63. The number of nitrogens with two attached hydrogens (primary N) is 1. The van der Waals surface area contributed by atoms with Crippen LogP contribution in [0.15, 0.2) is 42.6 Å². The van der Waals surface area contributed by atoms with Gasteiger partial charge < -0.3 is 20.3 Å². The van der Waals surface area contributed by atoms with Crippen molar-refractivity contribution in [2.75, 3.05) is 48.8 Å². The molecule has 0 unspecified atom stereocenters. The smallest absolute Gasteiger partial charge is 0.123 e. The van der Waals surface area contributed by atoms with Gasteiger partial charge in [0.25, 0.3) is 0 Å². The topological polar surface area (TPSA) is 54.6 Å². The minimum atomic E-state index is 0.564. The standard InChI is InChI=1S/C16H20N4O/c1-21-15-4-2-3-13(11-15)19-7-9-20(10-8-19)14-5-6-16(17)18-12-14/h2-6,11-12H,7-10H2,1H3,(H2,17,18). The minimum Gasteiger partial charge on any atom is -0.497 e. The minimum absolute atomic E-state index is 0.564. The Balaban J connectivity index is 1.65. The number of piperazine rings is 1. The largest absolute Gasteiger partial charge is 0.497 e. The number of nitrogen functional groups attached to an aromatic ring is 1. The van der Waals surface area contributed by atoms with E-state index in [1.165, 1.54) is 5.69 Å². The highest BCUT2D eigenvalue weighted by Crippen LogP contribution is 2.23. The van der Waals surface area contributed by atoms with E-state index in [4.69, 9.17) is 10.5 Å². The van der Waals surface area contributed by atoms with Crippen molar-refractivity contribution in [3.63, 3.8) is 0 Å². The molecular formula is C16H20N4O. The summed E-state index contributed by atoms with van der Waals surface area (Å²) in [7, 11) is 1.70. The lowest BCUT2D eigenvalue weighted by Crippen LogP contribution is -2.46. The number of hydrogen-bond donors (Lipinski definition) is 1. The molecular weight excluding hydrogens is 264 g/mol. The molecule has 1 aliphatic rings. The van der Waals surface area contributed by atoms with Gasteiger partial charge in [-0.15, -0.1) is 0 Å². The van der Waals surface area contributed by atoms with Crippen molar-refractivity contribution in [1.82, 2.24) is 4.98 Å². The van der Waals surface area contributed by atoms with E-state index >= 15 is 0 Å². The molecule has 2 heterocycles. The summed E-state index contributed by atoms with van der Waals surface area (Å²) in [5.41, 5.74) is 7.98. The second-order valence-corrected chi connectivity index (χ2v) is 5.12. The fourth-order valence-electron chi connectivity index (χ4n) is 2.61. The number of ether oxygens (including phenoxy) is 1. The molecule has 1 aliphatic heterocycles. The van der Waals surface area contributed by atoms with Crippen molar-refractivity contribution in [3.8, 4) is 5.75 Å². The predicted octanol–water partition coefficient (Wildman–Crippen LogP) is 2.00. The molecule has 0 saturated carbocycles. The Hall–Kier alpha value is -2.43.